The van der Waals surface area contributed by atoms with Crippen LogP contribution < -0.4 is 4.90 Å². The maximum absolute atomic E-state index is 2.42. The normalized spacial score (nSPS) is 13.8. The minimum atomic E-state index is -0.142. The Labute approximate surface area is 260 Å². The van der Waals surface area contributed by atoms with Crippen LogP contribution in [0.25, 0.3) is 43.4 Å². The number of fused-ring (bicyclic) bond motifs is 10. The zero-order valence-electron chi connectivity index (χ0n) is 26.1. The number of hydrogen-bond donors (Lipinski definition) is 0. The summed E-state index contributed by atoms with van der Waals surface area (Å²) in [7, 11) is 0. The summed E-state index contributed by atoms with van der Waals surface area (Å²) in [6.07, 6.45) is 0. The van der Waals surface area contributed by atoms with Gasteiger partial charge >= 0.3 is 0 Å². The van der Waals surface area contributed by atoms with Crippen LogP contribution in [-0.4, -0.2) is 0 Å². The van der Waals surface area contributed by atoms with Crippen molar-refractivity contribution in [3.05, 3.63) is 150 Å². The zero-order valence-corrected chi connectivity index (χ0v) is 26.1. The maximum Gasteiger partial charge on any atom is 0.0468 e. The van der Waals surface area contributed by atoms with Crippen LogP contribution in [0.1, 0.15) is 51.3 Å². The summed E-state index contributed by atoms with van der Waals surface area (Å²) in [4.78, 5) is 2.38. The van der Waals surface area contributed by atoms with Crippen molar-refractivity contribution in [1.82, 2.24) is 0 Å². The lowest BCUT2D eigenvalue weighted by Crippen LogP contribution is -2.16. The molecule has 0 fully saturated rings. The molecule has 7 aromatic rings. The quantitative estimate of drug-likeness (QED) is 0.192. The highest BCUT2D eigenvalue weighted by molar-refractivity contribution is 6.19. The summed E-state index contributed by atoms with van der Waals surface area (Å²) in [5.74, 6) is 0. The van der Waals surface area contributed by atoms with Gasteiger partial charge in [-0.25, -0.2) is 0 Å². The molecule has 1 nitrogen and oxygen atoms in total. The standard InChI is InChI=1S/C43H37N/c1-42(2,3)29-20-22-31(23-21-29)44(30-13-7-6-8-14-30)32-24-26-33-28(27-32)19-25-38-39-36-17-11-9-15-34(36)35-16-10-12-18-37(35)41(39)43(4,5)40(33)38/h6-27H,1-5H3. The van der Waals surface area contributed by atoms with Gasteiger partial charge < -0.3 is 4.90 Å². The van der Waals surface area contributed by atoms with Crippen LogP contribution in [0, 0.1) is 0 Å². The maximum atomic E-state index is 2.42. The predicted octanol–water partition coefficient (Wildman–Crippen LogP) is 12.2. The Morgan fingerprint density at radius 1 is 0.477 bits per heavy atom. The second-order valence-corrected chi connectivity index (χ2v) is 13.8. The fourth-order valence-electron chi connectivity index (χ4n) is 7.67. The van der Waals surface area contributed by atoms with E-state index in [0.717, 1.165) is 17.1 Å². The number of nitrogens with zero attached hydrogens (tertiary/aromatic N) is 1. The summed E-state index contributed by atoms with van der Waals surface area (Å²) in [6.45, 7) is 11.6. The molecular formula is C43H37N. The molecule has 1 heteroatoms. The molecule has 8 rings (SSSR count). The van der Waals surface area contributed by atoms with Crippen molar-refractivity contribution in [2.45, 2.75) is 45.4 Å². The van der Waals surface area contributed by atoms with Gasteiger partial charge in [0.15, 0.2) is 0 Å². The molecule has 0 spiro atoms. The number of benzene rings is 7. The monoisotopic (exact) mass is 567 g/mol. The molecule has 0 aliphatic heterocycles. The number of rotatable bonds is 3. The van der Waals surface area contributed by atoms with E-state index in [1.807, 2.05) is 0 Å². The first kappa shape index (κ1) is 26.7. The second kappa shape index (κ2) is 9.56. The molecule has 1 aliphatic carbocycles. The molecule has 1 aliphatic rings. The predicted molar refractivity (Wildman–Crippen MR) is 190 cm³/mol. The van der Waals surface area contributed by atoms with Crippen LogP contribution in [-0.2, 0) is 10.8 Å². The molecule has 0 saturated heterocycles. The van der Waals surface area contributed by atoms with E-state index in [9.17, 15) is 0 Å². The molecule has 7 aromatic carbocycles. The third-order valence-corrected chi connectivity index (χ3v) is 9.72. The zero-order chi connectivity index (χ0) is 30.2. The Morgan fingerprint density at radius 2 is 1.05 bits per heavy atom. The Balaban J connectivity index is 1.34. The topological polar surface area (TPSA) is 3.24 Å². The van der Waals surface area contributed by atoms with Gasteiger partial charge in [-0.3, -0.25) is 0 Å². The van der Waals surface area contributed by atoms with Crippen LogP contribution in [0.4, 0.5) is 17.1 Å². The third-order valence-electron chi connectivity index (χ3n) is 9.72. The van der Waals surface area contributed by atoms with Gasteiger partial charge in [0.2, 0.25) is 0 Å². The van der Waals surface area contributed by atoms with E-state index < -0.39 is 0 Å². The second-order valence-electron chi connectivity index (χ2n) is 13.8. The van der Waals surface area contributed by atoms with Gasteiger partial charge in [-0.2, -0.15) is 0 Å². The molecule has 0 bridgehead atoms. The van der Waals surface area contributed by atoms with Crippen molar-refractivity contribution < 1.29 is 0 Å². The molecule has 0 unspecified atom stereocenters. The van der Waals surface area contributed by atoms with Gasteiger partial charge in [0.05, 0.1) is 0 Å². The molecule has 0 atom stereocenters. The molecular weight excluding hydrogens is 530 g/mol. The first-order valence-corrected chi connectivity index (χ1v) is 15.7. The van der Waals surface area contributed by atoms with E-state index in [1.54, 1.807) is 0 Å². The van der Waals surface area contributed by atoms with Crippen molar-refractivity contribution >= 4 is 49.4 Å². The van der Waals surface area contributed by atoms with Crippen LogP contribution in [0.5, 0.6) is 0 Å². The molecule has 44 heavy (non-hydrogen) atoms. The Bertz CT molecular complexity index is 2210. The van der Waals surface area contributed by atoms with Crippen molar-refractivity contribution in [3.63, 3.8) is 0 Å². The Morgan fingerprint density at radius 3 is 1.73 bits per heavy atom. The first-order valence-electron chi connectivity index (χ1n) is 15.7. The SMILES string of the molecule is CC(C)(C)c1ccc(N(c2ccccc2)c2ccc3c4c(ccc3c2)-c2c(c3ccccc3c3ccccc23)C4(C)C)cc1. The van der Waals surface area contributed by atoms with E-state index in [1.165, 1.54) is 60.1 Å². The average Bonchev–Trinajstić information content (AvgIpc) is 3.29. The van der Waals surface area contributed by atoms with Gasteiger partial charge in [-0.15, -0.1) is 0 Å². The summed E-state index contributed by atoms with van der Waals surface area (Å²) in [5.41, 5.74) is 10.4. The average molecular weight is 568 g/mol. The first-order chi connectivity index (χ1) is 21.2. The van der Waals surface area contributed by atoms with Crippen LogP contribution in [0.15, 0.2) is 133 Å². The lowest BCUT2D eigenvalue weighted by atomic mass is 9.78. The van der Waals surface area contributed by atoms with Crippen molar-refractivity contribution in [2.24, 2.45) is 0 Å². The Kier molecular flexibility index (Phi) is 5.81. The lowest BCUT2D eigenvalue weighted by molar-refractivity contribution is 0.590. The fourth-order valence-corrected chi connectivity index (χ4v) is 7.67. The van der Waals surface area contributed by atoms with Gasteiger partial charge in [0, 0.05) is 22.5 Å². The molecule has 0 heterocycles. The molecule has 0 radical (unpaired) electrons. The molecule has 214 valence electrons. The summed E-state index contributed by atoms with van der Waals surface area (Å²) in [5, 5.41) is 7.97. The van der Waals surface area contributed by atoms with Crippen LogP contribution in [0.2, 0.25) is 0 Å². The smallest absolute Gasteiger partial charge is 0.0468 e. The highest BCUT2D eigenvalue weighted by Crippen LogP contribution is 2.56. The van der Waals surface area contributed by atoms with Gasteiger partial charge in [-0.05, 0) is 102 Å². The van der Waals surface area contributed by atoms with Gasteiger partial charge in [0.1, 0.15) is 0 Å². The van der Waals surface area contributed by atoms with E-state index in [4.69, 9.17) is 0 Å². The minimum absolute atomic E-state index is 0.112. The van der Waals surface area contributed by atoms with Crippen LogP contribution >= 0.6 is 0 Å². The van der Waals surface area contributed by atoms with E-state index in [-0.39, 0.29) is 10.8 Å². The largest absolute Gasteiger partial charge is 0.310 e. The van der Waals surface area contributed by atoms with Crippen molar-refractivity contribution in [1.29, 1.82) is 0 Å². The number of para-hydroxylation sites is 1. The molecule has 0 N–H and O–H groups in total. The minimum Gasteiger partial charge on any atom is -0.310 e. The van der Waals surface area contributed by atoms with Crippen LogP contribution in [0.3, 0.4) is 0 Å². The fraction of sp³-hybridized carbons (Fsp3) is 0.163. The highest BCUT2D eigenvalue weighted by Gasteiger charge is 2.39. The highest BCUT2D eigenvalue weighted by atomic mass is 15.1. The summed E-state index contributed by atoms with van der Waals surface area (Å²) < 4.78 is 0. The van der Waals surface area contributed by atoms with E-state index in [0.29, 0.717) is 0 Å². The molecule has 0 saturated carbocycles. The van der Waals surface area contributed by atoms with E-state index in [2.05, 4.69) is 173 Å². The van der Waals surface area contributed by atoms with E-state index >= 15 is 0 Å². The number of hydrogen-bond acceptors (Lipinski definition) is 1. The molecule has 0 amide bonds. The number of anilines is 3. The lowest BCUT2D eigenvalue weighted by Gasteiger charge is -2.28. The third kappa shape index (κ3) is 3.92. The molecule has 0 aromatic heterocycles. The summed E-state index contributed by atoms with van der Waals surface area (Å²) in [6, 6.07) is 49.4. The van der Waals surface area contributed by atoms with Crippen molar-refractivity contribution in [2.75, 3.05) is 4.90 Å². The van der Waals surface area contributed by atoms with Gasteiger partial charge in [0.25, 0.3) is 0 Å². The van der Waals surface area contributed by atoms with Gasteiger partial charge in [-0.1, -0.05) is 132 Å². The van der Waals surface area contributed by atoms with Crippen molar-refractivity contribution in [3.8, 4) is 11.1 Å². The Hall–Kier alpha value is -4.88. The summed E-state index contributed by atoms with van der Waals surface area (Å²) >= 11 is 0.